The number of hydrogen-bond acceptors (Lipinski definition) is 3. The van der Waals surface area contributed by atoms with Gasteiger partial charge in [-0.2, -0.15) is 0 Å². The van der Waals surface area contributed by atoms with Gasteiger partial charge in [-0.15, -0.1) is 0 Å². The third-order valence-corrected chi connectivity index (χ3v) is 4.36. The van der Waals surface area contributed by atoms with E-state index in [1.165, 1.54) is 18.4 Å². The minimum atomic E-state index is -2.90. The van der Waals surface area contributed by atoms with Crippen LogP contribution in [0.2, 0.25) is 0 Å². The number of rotatable bonds is 3. The van der Waals surface area contributed by atoms with Gasteiger partial charge in [0.1, 0.15) is 5.82 Å². The molecule has 1 saturated heterocycles. The summed E-state index contributed by atoms with van der Waals surface area (Å²) >= 11 is 0. The van der Waals surface area contributed by atoms with Crippen LogP contribution in [0, 0.1) is 5.82 Å². The number of nitrogens with zero attached hydrogens (tertiary/aromatic N) is 1. The molecule has 0 N–H and O–H groups in total. The quantitative estimate of drug-likeness (QED) is 0.796. The molecule has 0 bridgehead atoms. The van der Waals surface area contributed by atoms with Crippen LogP contribution in [0.5, 0.6) is 0 Å². The summed E-state index contributed by atoms with van der Waals surface area (Å²) in [7, 11) is -2.90. The van der Waals surface area contributed by atoms with Crippen LogP contribution in [0.3, 0.4) is 0 Å². The molecule has 1 fully saturated rings. The van der Waals surface area contributed by atoms with E-state index < -0.39 is 9.84 Å². The Kier molecular flexibility index (Phi) is 2.99. The van der Waals surface area contributed by atoms with Crippen LogP contribution in [0.1, 0.15) is 5.56 Å². The van der Waals surface area contributed by atoms with Crippen molar-refractivity contribution in [2.75, 3.05) is 19.3 Å². The molecule has 0 radical (unpaired) electrons. The van der Waals surface area contributed by atoms with Crippen LogP contribution < -0.4 is 0 Å². The maximum absolute atomic E-state index is 12.6. The second-order valence-electron chi connectivity index (χ2n) is 4.27. The molecule has 1 aliphatic rings. The third kappa shape index (κ3) is 2.59. The summed E-state index contributed by atoms with van der Waals surface area (Å²) in [4.78, 5) is 2.04. The normalized spacial score (nSPS) is 18.4. The Morgan fingerprint density at radius 3 is 2.38 bits per heavy atom. The molecule has 1 heterocycles. The maximum Gasteiger partial charge on any atom is 0.152 e. The summed E-state index contributed by atoms with van der Waals surface area (Å²) in [6.07, 6.45) is 1.27. The van der Waals surface area contributed by atoms with Crippen molar-refractivity contribution in [3.8, 4) is 0 Å². The number of sulfone groups is 1. The molecule has 5 heteroatoms. The molecule has 1 aromatic carbocycles. The minimum Gasteiger partial charge on any atom is -0.296 e. The van der Waals surface area contributed by atoms with Gasteiger partial charge in [-0.05, 0) is 17.7 Å². The van der Waals surface area contributed by atoms with Crippen LogP contribution in [0.4, 0.5) is 4.39 Å². The number of likely N-dealkylation sites (tertiary alicyclic amines) is 1. The van der Waals surface area contributed by atoms with Gasteiger partial charge in [0.05, 0.1) is 5.25 Å². The van der Waals surface area contributed by atoms with Crippen molar-refractivity contribution in [3.05, 3.63) is 35.6 Å². The van der Waals surface area contributed by atoms with Crippen molar-refractivity contribution in [2.45, 2.75) is 11.8 Å². The van der Waals surface area contributed by atoms with Crippen LogP contribution in [-0.2, 0) is 16.4 Å². The zero-order valence-electron chi connectivity index (χ0n) is 9.06. The maximum atomic E-state index is 12.6. The highest BCUT2D eigenvalue weighted by Crippen LogP contribution is 2.18. The second-order valence-corrected chi connectivity index (χ2v) is 6.60. The Labute approximate surface area is 94.8 Å². The van der Waals surface area contributed by atoms with Crippen molar-refractivity contribution in [1.82, 2.24) is 4.90 Å². The van der Waals surface area contributed by atoms with E-state index in [-0.39, 0.29) is 11.1 Å². The highest BCUT2D eigenvalue weighted by atomic mass is 32.2. The molecule has 1 aliphatic heterocycles. The van der Waals surface area contributed by atoms with Gasteiger partial charge in [0.2, 0.25) is 0 Å². The standard InChI is InChI=1S/C11H14FNO2S/c1-16(14,15)11-7-13(8-11)6-9-2-4-10(12)5-3-9/h2-5,11H,6-8H2,1H3. The van der Waals surface area contributed by atoms with E-state index in [1.54, 1.807) is 12.1 Å². The van der Waals surface area contributed by atoms with Crippen molar-refractivity contribution >= 4 is 9.84 Å². The van der Waals surface area contributed by atoms with Crippen molar-refractivity contribution in [2.24, 2.45) is 0 Å². The summed E-state index contributed by atoms with van der Waals surface area (Å²) in [5, 5.41) is -0.229. The Balaban J connectivity index is 1.88. The number of benzene rings is 1. The Bertz CT molecular complexity index is 463. The summed E-state index contributed by atoms with van der Waals surface area (Å²) in [5.41, 5.74) is 1.01. The monoisotopic (exact) mass is 243 g/mol. The van der Waals surface area contributed by atoms with Crippen molar-refractivity contribution in [3.63, 3.8) is 0 Å². The molecule has 1 aromatic rings. The Morgan fingerprint density at radius 2 is 1.88 bits per heavy atom. The number of hydrogen-bond donors (Lipinski definition) is 0. The van der Waals surface area contributed by atoms with Crippen molar-refractivity contribution in [1.29, 1.82) is 0 Å². The van der Waals surface area contributed by atoms with E-state index in [0.717, 1.165) is 5.56 Å². The fourth-order valence-electron chi connectivity index (χ4n) is 1.77. The van der Waals surface area contributed by atoms with Gasteiger partial charge in [0, 0.05) is 25.9 Å². The lowest BCUT2D eigenvalue weighted by atomic mass is 10.1. The lowest BCUT2D eigenvalue weighted by molar-refractivity contribution is 0.176. The largest absolute Gasteiger partial charge is 0.296 e. The molecule has 0 aromatic heterocycles. The molecule has 16 heavy (non-hydrogen) atoms. The van der Waals surface area contributed by atoms with Gasteiger partial charge in [-0.1, -0.05) is 12.1 Å². The minimum absolute atomic E-state index is 0.229. The Morgan fingerprint density at radius 1 is 1.31 bits per heavy atom. The van der Waals surface area contributed by atoms with Crippen LogP contribution in [0.15, 0.2) is 24.3 Å². The van der Waals surface area contributed by atoms with E-state index >= 15 is 0 Å². The molecular weight excluding hydrogens is 229 g/mol. The molecule has 0 atom stereocenters. The summed E-state index contributed by atoms with van der Waals surface area (Å²) < 4.78 is 35.0. The highest BCUT2D eigenvalue weighted by Gasteiger charge is 2.33. The lowest BCUT2D eigenvalue weighted by Crippen LogP contribution is -2.53. The van der Waals surface area contributed by atoms with Crippen LogP contribution in [0.25, 0.3) is 0 Å². The van der Waals surface area contributed by atoms with Gasteiger partial charge < -0.3 is 0 Å². The SMILES string of the molecule is CS(=O)(=O)C1CN(Cc2ccc(F)cc2)C1. The van der Waals surface area contributed by atoms with Gasteiger partial charge in [0.25, 0.3) is 0 Å². The lowest BCUT2D eigenvalue weighted by Gasteiger charge is -2.37. The summed E-state index contributed by atoms with van der Waals surface area (Å²) in [6.45, 7) is 1.85. The molecule has 2 rings (SSSR count). The van der Waals surface area contributed by atoms with Gasteiger partial charge in [0.15, 0.2) is 9.84 Å². The molecule has 0 aliphatic carbocycles. The first-order valence-electron chi connectivity index (χ1n) is 5.11. The average Bonchev–Trinajstić information content (AvgIpc) is 2.11. The fourth-order valence-corrected chi connectivity index (χ4v) is 2.73. The van der Waals surface area contributed by atoms with E-state index in [4.69, 9.17) is 0 Å². The molecule has 0 saturated carbocycles. The van der Waals surface area contributed by atoms with E-state index in [0.29, 0.717) is 19.6 Å². The molecular formula is C11H14FNO2S. The second kappa shape index (κ2) is 4.14. The zero-order valence-corrected chi connectivity index (χ0v) is 9.87. The molecule has 88 valence electrons. The molecule has 0 amide bonds. The van der Waals surface area contributed by atoms with E-state index in [1.807, 2.05) is 4.90 Å². The van der Waals surface area contributed by atoms with E-state index in [2.05, 4.69) is 0 Å². The molecule has 0 unspecified atom stereocenters. The molecule has 3 nitrogen and oxygen atoms in total. The summed E-state index contributed by atoms with van der Waals surface area (Å²) in [6, 6.07) is 6.29. The summed E-state index contributed by atoms with van der Waals surface area (Å²) in [5.74, 6) is -0.249. The van der Waals surface area contributed by atoms with Gasteiger partial charge in [-0.25, -0.2) is 12.8 Å². The zero-order chi connectivity index (χ0) is 11.8. The predicted molar refractivity (Wildman–Crippen MR) is 60.3 cm³/mol. The smallest absolute Gasteiger partial charge is 0.152 e. The first-order valence-corrected chi connectivity index (χ1v) is 7.06. The van der Waals surface area contributed by atoms with Crippen LogP contribution in [-0.4, -0.2) is 37.9 Å². The van der Waals surface area contributed by atoms with Crippen molar-refractivity contribution < 1.29 is 12.8 Å². The average molecular weight is 243 g/mol. The molecule has 0 spiro atoms. The van der Waals surface area contributed by atoms with Gasteiger partial charge in [-0.3, -0.25) is 4.90 Å². The van der Waals surface area contributed by atoms with Gasteiger partial charge >= 0.3 is 0 Å². The first kappa shape index (κ1) is 11.5. The van der Waals surface area contributed by atoms with E-state index in [9.17, 15) is 12.8 Å². The first-order chi connectivity index (χ1) is 7.45. The third-order valence-electron chi connectivity index (χ3n) is 2.85. The Hall–Kier alpha value is -0.940. The fraction of sp³-hybridized carbons (Fsp3) is 0.455. The number of halogens is 1. The topological polar surface area (TPSA) is 37.4 Å². The van der Waals surface area contributed by atoms with Crippen LogP contribution >= 0.6 is 0 Å². The predicted octanol–water partition coefficient (Wildman–Crippen LogP) is 1.05. The highest BCUT2D eigenvalue weighted by molar-refractivity contribution is 7.91.